The van der Waals surface area contributed by atoms with E-state index in [1.165, 1.54) is 0 Å². The fourth-order valence-electron chi connectivity index (χ4n) is 3.34. The standard InChI is InChI=1S/C19H20ClN5O2/c1-12-8-22-16(9-21-12)19-23-18(24-27-19)13-3-2-6-25(10-13)11-14-7-15(20)4-5-17(14)26/h4-5,7-9,13,26H,2-3,6,10-11H2,1H3. The molecular formula is C19H20ClN5O2. The molecule has 1 fully saturated rings. The third-order valence-electron chi connectivity index (χ3n) is 4.75. The Labute approximate surface area is 162 Å². The van der Waals surface area contributed by atoms with Gasteiger partial charge in [-0.2, -0.15) is 4.98 Å². The van der Waals surface area contributed by atoms with Crippen molar-refractivity contribution in [3.63, 3.8) is 0 Å². The Hall–Kier alpha value is -2.51. The minimum Gasteiger partial charge on any atom is -0.508 e. The van der Waals surface area contributed by atoms with E-state index < -0.39 is 0 Å². The van der Waals surface area contributed by atoms with Crippen LogP contribution in [-0.2, 0) is 6.54 Å². The van der Waals surface area contributed by atoms with Crippen molar-refractivity contribution in [1.82, 2.24) is 25.0 Å². The predicted octanol–water partition coefficient (Wildman–Crippen LogP) is 3.57. The van der Waals surface area contributed by atoms with Crippen molar-refractivity contribution in [2.24, 2.45) is 0 Å². The van der Waals surface area contributed by atoms with Crippen LogP contribution in [-0.4, -0.2) is 43.2 Å². The van der Waals surface area contributed by atoms with Crippen LogP contribution in [0.25, 0.3) is 11.6 Å². The van der Waals surface area contributed by atoms with Crippen LogP contribution in [0, 0.1) is 6.92 Å². The highest BCUT2D eigenvalue weighted by molar-refractivity contribution is 6.30. The molecule has 3 aromatic rings. The van der Waals surface area contributed by atoms with Crippen LogP contribution in [0.1, 0.15) is 35.8 Å². The van der Waals surface area contributed by atoms with E-state index >= 15 is 0 Å². The second-order valence-electron chi connectivity index (χ2n) is 6.85. The lowest BCUT2D eigenvalue weighted by molar-refractivity contribution is 0.193. The molecule has 0 aliphatic carbocycles. The summed E-state index contributed by atoms with van der Waals surface area (Å²) in [5.74, 6) is 1.52. The number of phenolic OH excluding ortho intramolecular Hbond substituents is 1. The summed E-state index contributed by atoms with van der Waals surface area (Å²) in [6.07, 6.45) is 5.34. The average molecular weight is 386 g/mol. The number of rotatable bonds is 4. The average Bonchev–Trinajstić information content (AvgIpc) is 3.16. The van der Waals surface area contributed by atoms with Gasteiger partial charge in [0.25, 0.3) is 5.89 Å². The van der Waals surface area contributed by atoms with Gasteiger partial charge in [0.15, 0.2) is 5.82 Å². The number of aromatic hydroxyl groups is 1. The van der Waals surface area contributed by atoms with Crippen molar-refractivity contribution in [1.29, 1.82) is 0 Å². The largest absolute Gasteiger partial charge is 0.508 e. The SMILES string of the molecule is Cc1cnc(-c2nc(C3CCCN(Cc4cc(Cl)ccc4O)C3)no2)cn1. The fourth-order valence-corrected chi connectivity index (χ4v) is 3.53. The number of hydrogen-bond acceptors (Lipinski definition) is 7. The molecule has 1 unspecified atom stereocenters. The van der Waals surface area contributed by atoms with Crippen molar-refractivity contribution >= 4 is 11.6 Å². The molecule has 1 atom stereocenters. The quantitative estimate of drug-likeness (QED) is 0.734. The van der Waals surface area contributed by atoms with E-state index in [1.54, 1.807) is 24.5 Å². The molecule has 1 saturated heterocycles. The highest BCUT2D eigenvalue weighted by atomic mass is 35.5. The second-order valence-corrected chi connectivity index (χ2v) is 7.28. The molecule has 3 heterocycles. The van der Waals surface area contributed by atoms with Crippen LogP contribution in [0.15, 0.2) is 35.1 Å². The fraction of sp³-hybridized carbons (Fsp3) is 0.368. The number of benzene rings is 1. The molecule has 7 nitrogen and oxygen atoms in total. The molecule has 4 rings (SSSR count). The third kappa shape index (κ3) is 4.09. The minimum absolute atomic E-state index is 0.177. The van der Waals surface area contributed by atoms with Gasteiger partial charge >= 0.3 is 0 Å². The molecule has 0 radical (unpaired) electrons. The summed E-state index contributed by atoms with van der Waals surface area (Å²) in [5, 5.41) is 14.8. The van der Waals surface area contributed by atoms with Crippen LogP contribution in [0.3, 0.4) is 0 Å². The maximum Gasteiger partial charge on any atom is 0.278 e. The molecule has 0 spiro atoms. The molecule has 27 heavy (non-hydrogen) atoms. The summed E-state index contributed by atoms with van der Waals surface area (Å²) in [6.45, 7) is 4.27. The van der Waals surface area contributed by atoms with Gasteiger partial charge in [-0.05, 0) is 44.5 Å². The maximum absolute atomic E-state index is 10.1. The first-order valence-corrected chi connectivity index (χ1v) is 9.28. The molecular weight excluding hydrogens is 366 g/mol. The first-order valence-electron chi connectivity index (χ1n) is 8.91. The van der Waals surface area contributed by atoms with Gasteiger partial charge in [0.05, 0.1) is 11.9 Å². The van der Waals surface area contributed by atoms with Gasteiger partial charge in [0, 0.05) is 35.8 Å². The Balaban J connectivity index is 1.47. The lowest BCUT2D eigenvalue weighted by atomic mass is 9.97. The molecule has 0 saturated carbocycles. The van der Waals surface area contributed by atoms with Crippen LogP contribution in [0.5, 0.6) is 5.75 Å². The minimum atomic E-state index is 0.177. The zero-order valence-electron chi connectivity index (χ0n) is 15.0. The Bertz CT molecular complexity index is 928. The summed E-state index contributed by atoms with van der Waals surface area (Å²) in [7, 11) is 0. The molecule has 1 aliphatic rings. The third-order valence-corrected chi connectivity index (χ3v) is 4.98. The number of aryl methyl sites for hydroxylation is 1. The maximum atomic E-state index is 10.1. The van der Waals surface area contributed by atoms with E-state index in [0.717, 1.165) is 37.2 Å². The zero-order chi connectivity index (χ0) is 18.8. The van der Waals surface area contributed by atoms with Crippen LogP contribution in [0.2, 0.25) is 5.02 Å². The first kappa shape index (κ1) is 17.9. The Morgan fingerprint density at radius 2 is 2.19 bits per heavy atom. The number of phenols is 1. The van der Waals surface area contributed by atoms with Crippen molar-refractivity contribution in [3.8, 4) is 17.3 Å². The van der Waals surface area contributed by atoms with E-state index in [-0.39, 0.29) is 11.7 Å². The Kier molecular flexibility index (Phi) is 5.05. The van der Waals surface area contributed by atoms with Gasteiger partial charge in [-0.3, -0.25) is 9.88 Å². The highest BCUT2D eigenvalue weighted by Gasteiger charge is 2.26. The topological polar surface area (TPSA) is 88.2 Å². The molecule has 1 aromatic carbocycles. The smallest absolute Gasteiger partial charge is 0.278 e. The number of nitrogens with zero attached hydrogens (tertiary/aromatic N) is 5. The number of likely N-dealkylation sites (tertiary alicyclic amines) is 1. The summed E-state index contributed by atoms with van der Waals surface area (Å²) in [5.41, 5.74) is 2.24. The number of hydrogen-bond donors (Lipinski definition) is 1. The molecule has 0 amide bonds. The number of piperidine rings is 1. The lowest BCUT2D eigenvalue weighted by Gasteiger charge is -2.31. The van der Waals surface area contributed by atoms with E-state index in [1.807, 2.05) is 13.0 Å². The van der Waals surface area contributed by atoms with E-state index in [4.69, 9.17) is 16.1 Å². The van der Waals surface area contributed by atoms with Crippen molar-refractivity contribution in [2.75, 3.05) is 13.1 Å². The van der Waals surface area contributed by atoms with Crippen molar-refractivity contribution in [3.05, 3.63) is 52.7 Å². The van der Waals surface area contributed by atoms with Gasteiger partial charge in [-0.15, -0.1) is 0 Å². The second kappa shape index (κ2) is 7.62. The summed E-state index contributed by atoms with van der Waals surface area (Å²) in [4.78, 5) is 15.3. The molecule has 8 heteroatoms. The first-order chi connectivity index (χ1) is 13.1. The van der Waals surface area contributed by atoms with E-state index in [9.17, 15) is 5.11 Å². The highest BCUT2D eigenvalue weighted by Crippen LogP contribution is 2.29. The predicted molar refractivity (Wildman–Crippen MR) is 100 cm³/mol. The molecule has 0 bridgehead atoms. The van der Waals surface area contributed by atoms with Crippen molar-refractivity contribution in [2.45, 2.75) is 32.2 Å². The van der Waals surface area contributed by atoms with Crippen LogP contribution in [0.4, 0.5) is 0 Å². The molecule has 1 N–H and O–H groups in total. The van der Waals surface area contributed by atoms with Gasteiger partial charge in [-0.1, -0.05) is 16.8 Å². The Morgan fingerprint density at radius 1 is 1.30 bits per heavy atom. The summed E-state index contributed by atoms with van der Waals surface area (Å²) >= 11 is 6.06. The van der Waals surface area contributed by atoms with Gasteiger partial charge in [-0.25, -0.2) is 4.98 Å². The van der Waals surface area contributed by atoms with Crippen LogP contribution < -0.4 is 0 Å². The van der Waals surface area contributed by atoms with E-state index in [2.05, 4.69) is 25.0 Å². The van der Waals surface area contributed by atoms with Crippen molar-refractivity contribution < 1.29 is 9.63 Å². The Morgan fingerprint density at radius 3 is 3.00 bits per heavy atom. The van der Waals surface area contributed by atoms with E-state index in [0.29, 0.717) is 29.0 Å². The summed E-state index contributed by atoms with van der Waals surface area (Å²) in [6, 6.07) is 5.13. The number of aromatic nitrogens is 4. The van der Waals surface area contributed by atoms with Gasteiger partial charge in [0.1, 0.15) is 11.4 Å². The number of halogens is 1. The molecule has 2 aromatic heterocycles. The normalized spacial score (nSPS) is 17.9. The lowest BCUT2D eigenvalue weighted by Crippen LogP contribution is -2.34. The van der Waals surface area contributed by atoms with Gasteiger partial charge in [0.2, 0.25) is 0 Å². The van der Waals surface area contributed by atoms with Crippen LogP contribution >= 0.6 is 11.6 Å². The summed E-state index contributed by atoms with van der Waals surface area (Å²) < 4.78 is 5.39. The zero-order valence-corrected chi connectivity index (χ0v) is 15.7. The molecule has 140 valence electrons. The van der Waals surface area contributed by atoms with Gasteiger partial charge < -0.3 is 9.63 Å². The monoisotopic (exact) mass is 385 g/mol. The molecule has 1 aliphatic heterocycles.